The zero-order valence-corrected chi connectivity index (χ0v) is 10.8. The van der Waals surface area contributed by atoms with Crippen LogP contribution in [0.1, 0.15) is 26.7 Å². The molecule has 0 unspecified atom stereocenters. The summed E-state index contributed by atoms with van der Waals surface area (Å²) in [7, 11) is -1.92. The second-order valence-corrected chi connectivity index (χ2v) is 6.80. The number of methoxy groups -OCH3 is 1. The van der Waals surface area contributed by atoms with Crippen LogP contribution in [0.15, 0.2) is 0 Å². The molecular formula is C10H19NO4S. The summed E-state index contributed by atoms with van der Waals surface area (Å²) in [4.78, 5) is 11.4. The van der Waals surface area contributed by atoms with Crippen LogP contribution in [0.2, 0.25) is 0 Å². The van der Waals surface area contributed by atoms with E-state index in [4.69, 9.17) is 0 Å². The van der Waals surface area contributed by atoms with E-state index >= 15 is 0 Å². The Balaban J connectivity index is 2.75. The van der Waals surface area contributed by atoms with Crippen LogP contribution in [0, 0.1) is 5.92 Å². The zero-order chi connectivity index (χ0) is 12.3. The molecular weight excluding hydrogens is 230 g/mol. The quantitative estimate of drug-likeness (QED) is 0.687. The van der Waals surface area contributed by atoms with Gasteiger partial charge in [0.1, 0.15) is 0 Å². The average Bonchev–Trinajstić information content (AvgIpc) is 2.28. The molecule has 0 radical (unpaired) electrons. The van der Waals surface area contributed by atoms with Crippen molar-refractivity contribution in [1.29, 1.82) is 0 Å². The number of esters is 1. The molecule has 0 N–H and O–H groups in total. The fraction of sp³-hybridized carbons (Fsp3) is 0.900. The lowest BCUT2D eigenvalue weighted by molar-refractivity contribution is -0.146. The number of sulfonamides is 1. The fourth-order valence-corrected chi connectivity index (χ4v) is 3.20. The summed E-state index contributed by atoms with van der Waals surface area (Å²) in [5.41, 5.74) is 0. The first-order valence-corrected chi connectivity index (χ1v) is 6.96. The Hall–Kier alpha value is -0.620. The maximum absolute atomic E-state index is 11.9. The Morgan fingerprint density at radius 2 is 2.06 bits per heavy atom. The van der Waals surface area contributed by atoms with Gasteiger partial charge in [0.15, 0.2) is 0 Å². The Kier molecular flexibility index (Phi) is 4.32. The van der Waals surface area contributed by atoms with Crippen molar-refractivity contribution >= 4 is 16.0 Å². The first kappa shape index (κ1) is 13.4. The monoisotopic (exact) mass is 249 g/mol. The van der Waals surface area contributed by atoms with Crippen molar-refractivity contribution in [3.8, 4) is 0 Å². The van der Waals surface area contributed by atoms with E-state index in [1.807, 2.05) is 0 Å². The molecule has 0 aromatic carbocycles. The summed E-state index contributed by atoms with van der Waals surface area (Å²) >= 11 is 0. The highest BCUT2D eigenvalue weighted by molar-refractivity contribution is 7.89. The molecule has 5 nitrogen and oxygen atoms in total. The normalized spacial score (nSPS) is 23.4. The van der Waals surface area contributed by atoms with Gasteiger partial charge in [0.05, 0.1) is 18.3 Å². The van der Waals surface area contributed by atoms with Crippen molar-refractivity contribution in [1.82, 2.24) is 4.31 Å². The van der Waals surface area contributed by atoms with Crippen LogP contribution in [0.4, 0.5) is 0 Å². The topological polar surface area (TPSA) is 63.7 Å². The highest BCUT2D eigenvalue weighted by Gasteiger charge is 2.34. The van der Waals surface area contributed by atoms with Crippen LogP contribution in [0.25, 0.3) is 0 Å². The molecule has 0 spiro atoms. The van der Waals surface area contributed by atoms with Crippen LogP contribution in [-0.4, -0.2) is 44.1 Å². The van der Waals surface area contributed by atoms with E-state index in [1.54, 1.807) is 13.8 Å². The molecule has 1 saturated heterocycles. The van der Waals surface area contributed by atoms with Gasteiger partial charge < -0.3 is 4.74 Å². The summed E-state index contributed by atoms with van der Waals surface area (Å²) in [6, 6.07) is 0. The first-order valence-electron chi connectivity index (χ1n) is 5.46. The second-order valence-electron chi connectivity index (χ2n) is 4.31. The third-order valence-electron chi connectivity index (χ3n) is 2.87. The third kappa shape index (κ3) is 2.74. The number of hydrogen-bond donors (Lipinski definition) is 0. The summed E-state index contributed by atoms with van der Waals surface area (Å²) in [5, 5.41) is -0.441. The number of carbonyl (C=O) groups excluding carboxylic acids is 1. The van der Waals surface area contributed by atoms with Crippen molar-refractivity contribution in [3.05, 3.63) is 0 Å². The summed E-state index contributed by atoms with van der Waals surface area (Å²) in [6.07, 6.45) is 1.42. The molecule has 1 aliphatic heterocycles. The van der Waals surface area contributed by atoms with Crippen molar-refractivity contribution in [3.63, 3.8) is 0 Å². The van der Waals surface area contributed by atoms with Crippen LogP contribution in [-0.2, 0) is 19.6 Å². The van der Waals surface area contributed by atoms with E-state index in [1.165, 1.54) is 11.4 Å². The smallest absolute Gasteiger partial charge is 0.309 e. The van der Waals surface area contributed by atoms with Gasteiger partial charge in [0, 0.05) is 13.1 Å². The van der Waals surface area contributed by atoms with Gasteiger partial charge in [-0.05, 0) is 26.7 Å². The van der Waals surface area contributed by atoms with Gasteiger partial charge in [-0.3, -0.25) is 4.79 Å². The third-order valence-corrected chi connectivity index (χ3v) is 5.12. The first-order chi connectivity index (χ1) is 7.39. The Bertz CT molecular complexity index is 350. The SMILES string of the molecule is COC(=O)[C@H]1CCCN(S(=O)(=O)C(C)C)C1. The van der Waals surface area contributed by atoms with Crippen molar-refractivity contribution in [2.24, 2.45) is 5.92 Å². The predicted octanol–water partition coefficient (Wildman–Crippen LogP) is 0.610. The lowest BCUT2D eigenvalue weighted by Crippen LogP contribution is -2.45. The molecule has 1 rings (SSSR count). The van der Waals surface area contributed by atoms with Gasteiger partial charge in [-0.15, -0.1) is 0 Å². The minimum Gasteiger partial charge on any atom is -0.469 e. The summed E-state index contributed by atoms with van der Waals surface area (Å²) in [5.74, 6) is -0.629. The Morgan fingerprint density at radius 1 is 1.44 bits per heavy atom. The molecule has 16 heavy (non-hydrogen) atoms. The van der Waals surface area contributed by atoms with E-state index in [-0.39, 0.29) is 18.4 Å². The second kappa shape index (κ2) is 5.14. The summed E-state index contributed by atoms with van der Waals surface area (Å²) < 4.78 is 29.9. The number of hydrogen-bond acceptors (Lipinski definition) is 4. The van der Waals surface area contributed by atoms with E-state index in [0.717, 1.165) is 0 Å². The van der Waals surface area contributed by atoms with Crippen molar-refractivity contribution in [2.75, 3.05) is 20.2 Å². The molecule has 1 fully saturated rings. The number of piperidine rings is 1. The molecule has 0 aromatic heterocycles. The molecule has 94 valence electrons. The van der Waals surface area contributed by atoms with Gasteiger partial charge in [-0.25, -0.2) is 12.7 Å². The van der Waals surface area contributed by atoms with Crippen molar-refractivity contribution < 1.29 is 17.9 Å². The number of carbonyl (C=O) groups is 1. The van der Waals surface area contributed by atoms with E-state index < -0.39 is 15.3 Å². The lowest BCUT2D eigenvalue weighted by atomic mass is 10.0. The highest BCUT2D eigenvalue weighted by Crippen LogP contribution is 2.22. The van der Waals surface area contributed by atoms with E-state index in [9.17, 15) is 13.2 Å². The van der Waals surface area contributed by atoms with Crippen LogP contribution >= 0.6 is 0 Å². The van der Waals surface area contributed by atoms with Gasteiger partial charge in [0.2, 0.25) is 10.0 Å². The van der Waals surface area contributed by atoms with Gasteiger partial charge in [0.25, 0.3) is 0 Å². The average molecular weight is 249 g/mol. The van der Waals surface area contributed by atoms with Crippen LogP contribution < -0.4 is 0 Å². The maximum atomic E-state index is 11.9. The maximum Gasteiger partial charge on any atom is 0.309 e. The molecule has 1 heterocycles. The van der Waals surface area contributed by atoms with E-state index in [2.05, 4.69) is 4.74 Å². The molecule has 0 bridgehead atoms. The number of rotatable bonds is 3. The standard InChI is InChI=1S/C10H19NO4S/c1-8(2)16(13,14)11-6-4-5-9(7-11)10(12)15-3/h8-9H,4-7H2,1-3H3/t9-/m0/s1. The molecule has 6 heteroatoms. The number of ether oxygens (including phenoxy) is 1. The lowest BCUT2D eigenvalue weighted by Gasteiger charge is -2.31. The molecule has 0 aliphatic carbocycles. The molecule has 1 atom stereocenters. The molecule has 0 amide bonds. The van der Waals surface area contributed by atoms with Crippen LogP contribution in [0.5, 0.6) is 0 Å². The predicted molar refractivity (Wildman–Crippen MR) is 60.4 cm³/mol. The minimum absolute atomic E-state index is 0.257. The van der Waals surface area contributed by atoms with E-state index in [0.29, 0.717) is 19.4 Å². The van der Waals surface area contributed by atoms with Gasteiger partial charge >= 0.3 is 5.97 Å². The fourth-order valence-electron chi connectivity index (χ4n) is 1.83. The molecule has 0 saturated carbocycles. The van der Waals surface area contributed by atoms with Crippen molar-refractivity contribution in [2.45, 2.75) is 31.9 Å². The van der Waals surface area contributed by atoms with Gasteiger partial charge in [-0.2, -0.15) is 0 Å². The molecule has 1 aliphatic rings. The van der Waals surface area contributed by atoms with Gasteiger partial charge in [-0.1, -0.05) is 0 Å². The Morgan fingerprint density at radius 3 is 2.56 bits per heavy atom. The zero-order valence-electron chi connectivity index (χ0n) is 9.97. The summed E-state index contributed by atoms with van der Waals surface area (Å²) in [6.45, 7) is 4.06. The number of nitrogens with zero attached hydrogens (tertiary/aromatic N) is 1. The Labute approximate surface area is 96.8 Å². The molecule has 0 aromatic rings. The van der Waals surface area contributed by atoms with Crippen LogP contribution in [0.3, 0.4) is 0 Å². The highest BCUT2D eigenvalue weighted by atomic mass is 32.2. The largest absolute Gasteiger partial charge is 0.469 e. The minimum atomic E-state index is -3.25.